The third-order valence-corrected chi connectivity index (χ3v) is 3.39. The van der Waals surface area contributed by atoms with Gasteiger partial charge >= 0.3 is 0 Å². The Labute approximate surface area is 119 Å². The van der Waals surface area contributed by atoms with Crippen LogP contribution in [0.2, 0.25) is 0 Å². The topological polar surface area (TPSA) is 59.4 Å². The molecule has 0 radical (unpaired) electrons. The number of halogens is 1. The summed E-state index contributed by atoms with van der Waals surface area (Å²) in [6.07, 6.45) is 4.49. The Kier molecular flexibility index (Phi) is 5.78. The summed E-state index contributed by atoms with van der Waals surface area (Å²) in [6.45, 7) is 1.37. The van der Waals surface area contributed by atoms with Crippen molar-refractivity contribution < 1.29 is 9.53 Å². The molecule has 6 nitrogen and oxygen atoms in total. The van der Waals surface area contributed by atoms with E-state index in [0.29, 0.717) is 6.61 Å². The van der Waals surface area contributed by atoms with Crippen LogP contribution in [-0.4, -0.2) is 53.9 Å². The van der Waals surface area contributed by atoms with Gasteiger partial charge in [-0.15, -0.1) is 12.4 Å². The number of aryl methyl sites for hydroxylation is 1. The average molecular weight is 289 g/mol. The van der Waals surface area contributed by atoms with Gasteiger partial charge in [0.25, 0.3) is 0 Å². The molecule has 108 valence electrons. The minimum Gasteiger partial charge on any atom is -0.379 e. The lowest BCUT2D eigenvalue weighted by Gasteiger charge is -2.27. The molecule has 1 saturated heterocycles. The molecular weight excluding hydrogens is 268 g/mol. The molecular formula is C12H21ClN4O2. The lowest BCUT2D eigenvalue weighted by atomic mass is 10.1. The summed E-state index contributed by atoms with van der Waals surface area (Å²) in [4.78, 5) is 14.2. The summed E-state index contributed by atoms with van der Waals surface area (Å²) < 4.78 is 7.02. The molecule has 1 aromatic heterocycles. The van der Waals surface area contributed by atoms with Crippen molar-refractivity contribution in [3.63, 3.8) is 0 Å². The lowest BCUT2D eigenvalue weighted by molar-refractivity contribution is -0.134. The standard InChI is InChI=1S/C12H20N4O2.ClH/c1-13-11(9-6-14-15(2)7-9)12(17)16(3)10-4-5-18-8-10;/h6-7,10-11,13H,4-5,8H2,1-3H3;1H. The molecule has 1 fully saturated rings. The maximum absolute atomic E-state index is 12.4. The van der Waals surface area contributed by atoms with Crippen LogP contribution in [0.15, 0.2) is 12.4 Å². The third-order valence-electron chi connectivity index (χ3n) is 3.39. The molecule has 2 heterocycles. The number of likely N-dealkylation sites (N-methyl/N-ethyl adjacent to an activating group) is 2. The normalized spacial score (nSPS) is 19.8. The van der Waals surface area contributed by atoms with Crippen molar-refractivity contribution in [2.24, 2.45) is 7.05 Å². The summed E-state index contributed by atoms with van der Waals surface area (Å²) in [5.41, 5.74) is 0.885. The number of nitrogens with one attached hydrogen (secondary N) is 1. The van der Waals surface area contributed by atoms with Gasteiger partial charge in [-0.1, -0.05) is 0 Å². The van der Waals surface area contributed by atoms with Gasteiger partial charge in [-0.05, 0) is 13.5 Å². The van der Waals surface area contributed by atoms with Gasteiger partial charge < -0.3 is 15.0 Å². The SMILES string of the molecule is CNC(C(=O)N(C)C1CCOC1)c1cnn(C)c1.Cl. The molecule has 1 aromatic rings. The molecule has 1 aliphatic heterocycles. The first-order chi connectivity index (χ1) is 8.63. The summed E-state index contributed by atoms with van der Waals surface area (Å²) in [6, 6.07) is -0.158. The number of hydrogen-bond donors (Lipinski definition) is 1. The molecule has 0 saturated carbocycles. The van der Waals surface area contributed by atoms with Crippen molar-refractivity contribution in [3.05, 3.63) is 18.0 Å². The number of amides is 1. The highest BCUT2D eigenvalue weighted by atomic mass is 35.5. The van der Waals surface area contributed by atoms with Gasteiger partial charge in [0.15, 0.2) is 0 Å². The van der Waals surface area contributed by atoms with E-state index in [1.807, 2.05) is 20.3 Å². The third kappa shape index (κ3) is 3.46. The van der Waals surface area contributed by atoms with Gasteiger partial charge in [0.05, 0.1) is 18.8 Å². The van der Waals surface area contributed by atoms with Crippen molar-refractivity contribution in [1.29, 1.82) is 0 Å². The smallest absolute Gasteiger partial charge is 0.244 e. The van der Waals surface area contributed by atoms with Crippen LogP contribution in [0.4, 0.5) is 0 Å². The van der Waals surface area contributed by atoms with E-state index in [-0.39, 0.29) is 30.4 Å². The maximum atomic E-state index is 12.4. The molecule has 0 spiro atoms. The van der Waals surface area contributed by atoms with Crippen LogP contribution in [0.1, 0.15) is 18.0 Å². The predicted octanol–water partition coefficient (Wildman–Crippen LogP) is 0.350. The van der Waals surface area contributed by atoms with Crippen LogP contribution in [0, 0.1) is 0 Å². The first-order valence-corrected chi connectivity index (χ1v) is 6.13. The first kappa shape index (κ1) is 15.9. The van der Waals surface area contributed by atoms with Crippen LogP contribution in [-0.2, 0) is 16.6 Å². The highest BCUT2D eigenvalue weighted by molar-refractivity contribution is 5.85. The summed E-state index contributed by atoms with van der Waals surface area (Å²) in [5.74, 6) is 0.0565. The Morgan fingerprint density at radius 1 is 1.68 bits per heavy atom. The largest absolute Gasteiger partial charge is 0.379 e. The van der Waals surface area contributed by atoms with Gasteiger partial charge in [-0.2, -0.15) is 5.10 Å². The summed E-state index contributed by atoms with van der Waals surface area (Å²) in [7, 11) is 5.46. The fraction of sp³-hybridized carbons (Fsp3) is 0.667. The molecule has 0 aliphatic carbocycles. The van der Waals surface area contributed by atoms with Crippen molar-refractivity contribution in [2.75, 3.05) is 27.3 Å². The zero-order valence-corrected chi connectivity index (χ0v) is 12.3. The fourth-order valence-corrected chi connectivity index (χ4v) is 2.23. The van der Waals surface area contributed by atoms with E-state index in [4.69, 9.17) is 4.74 Å². The van der Waals surface area contributed by atoms with Crippen LogP contribution < -0.4 is 5.32 Å². The van der Waals surface area contributed by atoms with E-state index >= 15 is 0 Å². The van der Waals surface area contributed by atoms with Gasteiger partial charge in [0.1, 0.15) is 6.04 Å². The van der Waals surface area contributed by atoms with Crippen LogP contribution >= 0.6 is 12.4 Å². The average Bonchev–Trinajstić information content (AvgIpc) is 3.00. The fourth-order valence-electron chi connectivity index (χ4n) is 2.23. The molecule has 1 amide bonds. The van der Waals surface area contributed by atoms with E-state index in [0.717, 1.165) is 18.6 Å². The van der Waals surface area contributed by atoms with Gasteiger partial charge in [-0.3, -0.25) is 9.48 Å². The number of carbonyl (C=O) groups is 1. The van der Waals surface area contributed by atoms with Crippen molar-refractivity contribution in [2.45, 2.75) is 18.5 Å². The molecule has 2 unspecified atom stereocenters. The van der Waals surface area contributed by atoms with E-state index in [2.05, 4.69) is 10.4 Å². The van der Waals surface area contributed by atoms with E-state index in [9.17, 15) is 4.79 Å². The second-order valence-electron chi connectivity index (χ2n) is 4.64. The molecule has 1 aliphatic rings. The number of carbonyl (C=O) groups excluding carboxylic acids is 1. The lowest BCUT2D eigenvalue weighted by Crippen LogP contribution is -2.43. The molecule has 7 heteroatoms. The van der Waals surface area contributed by atoms with Gasteiger partial charge in [0, 0.05) is 32.5 Å². The summed E-state index contributed by atoms with van der Waals surface area (Å²) in [5, 5.41) is 7.16. The summed E-state index contributed by atoms with van der Waals surface area (Å²) >= 11 is 0. The second kappa shape index (κ2) is 6.88. The molecule has 0 bridgehead atoms. The van der Waals surface area contributed by atoms with Gasteiger partial charge in [-0.25, -0.2) is 0 Å². The number of aromatic nitrogens is 2. The van der Waals surface area contributed by atoms with Crippen LogP contribution in [0.3, 0.4) is 0 Å². The number of nitrogens with zero attached hydrogens (tertiary/aromatic N) is 3. The molecule has 2 rings (SSSR count). The molecule has 0 aromatic carbocycles. The zero-order valence-electron chi connectivity index (χ0n) is 11.5. The molecule has 2 atom stereocenters. The minimum absolute atomic E-state index is 0. The van der Waals surface area contributed by atoms with Crippen molar-refractivity contribution >= 4 is 18.3 Å². The van der Waals surface area contributed by atoms with Gasteiger partial charge in [0.2, 0.25) is 5.91 Å². The number of hydrogen-bond acceptors (Lipinski definition) is 4. The molecule has 1 N–H and O–H groups in total. The number of rotatable bonds is 4. The quantitative estimate of drug-likeness (QED) is 0.869. The Hall–Kier alpha value is -1.11. The minimum atomic E-state index is -0.343. The zero-order chi connectivity index (χ0) is 13.1. The second-order valence-corrected chi connectivity index (χ2v) is 4.64. The Bertz CT molecular complexity index is 418. The van der Waals surface area contributed by atoms with Crippen LogP contribution in [0.25, 0.3) is 0 Å². The van der Waals surface area contributed by atoms with Crippen molar-refractivity contribution in [3.8, 4) is 0 Å². The monoisotopic (exact) mass is 288 g/mol. The van der Waals surface area contributed by atoms with Crippen molar-refractivity contribution in [1.82, 2.24) is 20.0 Å². The van der Waals surface area contributed by atoms with E-state index in [1.165, 1.54) is 0 Å². The highest BCUT2D eigenvalue weighted by Gasteiger charge is 2.29. The van der Waals surface area contributed by atoms with E-state index in [1.54, 1.807) is 22.8 Å². The first-order valence-electron chi connectivity index (χ1n) is 6.13. The maximum Gasteiger partial charge on any atom is 0.244 e. The Morgan fingerprint density at radius 3 is 2.89 bits per heavy atom. The number of ether oxygens (including phenoxy) is 1. The molecule has 19 heavy (non-hydrogen) atoms. The Balaban J connectivity index is 0.00000180. The Morgan fingerprint density at radius 2 is 2.42 bits per heavy atom. The predicted molar refractivity (Wildman–Crippen MR) is 74.3 cm³/mol. The highest BCUT2D eigenvalue weighted by Crippen LogP contribution is 2.18. The van der Waals surface area contributed by atoms with E-state index < -0.39 is 0 Å². The van der Waals surface area contributed by atoms with Crippen LogP contribution in [0.5, 0.6) is 0 Å².